The molecule has 110 heavy (non-hydrogen) atoms. The third-order valence-corrected chi connectivity index (χ3v) is 27.0. The minimum absolute atomic E-state index is 0.0386. The second-order valence-electron chi connectivity index (χ2n) is 34.3. The smallest absolute Gasteiger partial charge is 0.311 e. The highest BCUT2D eigenvalue weighted by atomic mass is 16.8. The Morgan fingerprint density at radius 1 is 0.482 bits per heavy atom. The summed E-state index contributed by atoms with van der Waals surface area (Å²) in [5.41, 5.74) is -4.09. The highest BCUT2D eigenvalue weighted by Crippen LogP contribution is 2.75. The number of rotatable bonds is 20. The van der Waals surface area contributed by atoms with E-state index in [-0.39, 0.29) is 44.0 Å². The lowest BCUT2D eigenvalue weighted by Crippen LogP contribution is -2.69. The molecule has 7 heterocycles. The molecule has 0 aromatic heterocycles. The van der Waals surface area contributed by atoms with Crippen LogP contribution in [-0.4, -0.2) is 346 Å². The zero-order chi connectivity index (χ0) is 80.2. The zero-order valence-corrected chi connectivity index (χ0v) is 63.0. The first-order valence-corrected chi connectivity index (χ1v) is 38.3. The van der Waals surface area contributed by atoms with E-state index in [1.807, 2.05) is 13.8 Å². The van der Waals surface area contributed by atoms with Crippen LogP contribution in [-0.2, 0) is 95.0 Å². The van der Waals surface area contributed by atoms with Crippen molar-refractivity contribution < 1.29 is 182 Å². The summed E-state index contributed by atoms with van der Waals surface area (Å²) >= 11 is 0. The van der Waals surface area contributed by atoms with Crippen molar-refractivity contribution in [2.75, 3.05) is 19.8 Å². The molecule has 7 saturated heterocycles. The molecule has 45 atom stereocenters. The zero-order valence-electron chi connectivity index (χ0n) is 63.0. The van der Waals surface area contributed by atoms with Gasteiger partial charge in [0.25, 0.3) is 6.47 Å². The van der Waals surface area contributed by atoms with Gasteiger partial charge in [0.05, 0.1) is 61.7 Å². The lowest BCUT2D eigenvalue weighted by atomic mass is 9.33. The van der Waals surface area contributed by atoms with E-state index >= 15 is 4.79 Å². The highest BCUT2D eigenvalue weighted by Gasteiger charge is 2.72. The van der Waals surface area contributed by atoms with Gasteiger partial charge in [-0.05, 0) is 111 Å². The molecule has 35 unspecified atom stereocenters. The maximum atomic E-state index is 15.8. The Labute approximate surface area is 634 Å². The topological polar surface area (TPSA) is 560 Å². The fraction of sp³-hybridized carbons (Fsp3) is 0.918. The number of esters is 2. The lowest BCUT2D eigenvalue weighted by Gasteiger charge is -2.71. The van der Waals surface area contributed by atoms with Crippen molar-refractivity contribution >= 4 is 24.7 Å². The van der Waals surface area contributed by atoms with Crippen LogP contribution in [0.3, 0.4) is 0 Å². The van der Waals surface area contributed by atoms with E-state index in [0.29, 0.717) is 25.7 Å². The van der Waals surface area contributed by atoms with Crippen LogP contribution in [0.5, 0.6) is 0 Å². The number of aldehydes is 1. The van der Waals surface area contributed by atoms with Crippen LogP contribution in [0.25, 0.3) is 0 Å². The summed E-state index contributed by atoms with van der Waals surface area (Å²) in [6.45, 7) is 15.9. The first kappa shape index (κ1) is 86.0. The Bertz CT molecular complexity index is 3190. The van der Waals surface area contributed by atoms with Crippen molar-refractivity contribution in [3.05, 3.63) is 12.2 Å². The molecule has 37 heteroatoms. The van der Waals surface area contributed by atoms with Gasteiger partial charge in [0.2, 0.25) is 12.6 Å². The van der Waals surface area contributed by atoms with E-state index in [4.69, 9.17) is 75.8 Å². The van der Waals surface area contributed by atoms with E-state index in [1.54, 1.807) is 13.8 Å². The summed E-state index contributed by atoms with van der Waals surface area (Å²) in [6.07, 6.45) is -52.8. The number of hydrogen-bond acceptors (Lipinski definition) is 37. The standard InChI is InChI=1S/C73H114O37/c1-11-35-43(83)45(85)50(90)65(101-35)106-57-55(100-28(4)77)27(3)99-67(59(57)108-64-52(92)47(87)54(26(2)98-64)104-61-48(88)41(81)33(79)22-95-61)109-60(94)30-19-69(5,6)18-29-31-12-13-38-70(7)16-15-39(71(8,24-75)37(70)14-17-72(38,9)73(31,10)20-32(78)40(29)30)103-68-58(107-66-51(91)46(86)44(84)36(21-74)102-66)56(53(93)63(110-68)97-25-76)105-62-49(89)42(82)34(80)23-96-62/h12-13,24-27,29-59,61-68,74,78-93H,11,14-23H2,1-10H3/t26?,27?,29-,30+,31?,32+,33?,34?,35?,36?,37+,38+,39-,40?,41?,42?,43?,44?,45?,46?,47?,48?,49?,50?,51?,52?,53?,54?,55?,56?,57?,58?,59?,61?,62?,63?,64?,65?,66?,67?,68?,70-,71-,72+,73+/m0/s1. The number of aliphatic hydroxyl groups is 17. The summed E-state index contributed by atoms with van der Waals surface area (Å²) < 4.78 is 97.1. The van der Waals surface area contributed by atoms with Gasteiger partial charge >= 0.3 is 11.9 Å². The molecule has 12 rings (SSSR count). The van der Waals surface area contributed by atoms with Crippen molar-refractivity contribution in [2.45, 2.75) is 336 Å². The van der Waals surface area contributed by atoms with Gasteiger partial charge < -0.3 is 167 Å². The third kappa shape index (κ3) is 15.5. The SMILES string of the molecule is CCC1OC(OC2C(OC(C)=O)C(C)OC(OC(=O)[C@@H]3CC(C)(C)C[C@@H]4C3[C@H](O)C[C@]3(C)C4C=C[C@@H]4[C@@]5(C)CC[C@H](OC6OC(OC=O)C(O)C(OC7OCC(O)C(O)C7O)C6OC6OC(CO)C(O)C(O)C6O)[C@@](C)(C=O)[C@@H]5CC[C@]43C)C2OC2OC(C)C(OC3OCC(O)C(O)C3O)C(O)C2O)C(O)C(O)C1O. The number of fused-ring (bicyclic) bond motifs is 7. The number of aliphatic hydroxyl groups excluding tert-OH is 17. The van der Waals surface area contributed by atoms with Crippen molar-refractivity contribution in [1.29, 1.82) is 0 Å². The molecule has 12 aliphatic rings. The quantitative estimate of drug-likeness (QED) is 0.0178. The first-order chi connectivity index (χ1) is 51.7. The summed E-state index contributed by atoms with van der Waals surface area (Å²) in [4.78, 5) is 55.2. The van der Waals surface area contributed by atoms with E-state index in [9.17, 15) is 101 Å². The van der Waals surface area contributed by atoms with Crippen molar-refractivity contribution in [1.82, 2.24) is 0 Å². The molecule has 5 aliphatic carbocycles. The maximum absolute atomic E-state index is 15.8. The average molecular weight is 1580 g/mol. The van der Waals surface area contributed by atoms with E-state index < -0.39 is 298 Å². The highest BCUT2D eigenvalue weighted by molar-refractivity contribution is 5.73. The van der Waals surface area contributed by atoms with Crippen LogP contribution in [0.15, 0.2) is 12.2 Å². The fourth-order valence-electron chi connectivity index (χ4n) is 21.0. The molecule has 0 aromatic carbocycles. The van der Waals surface area contributed by atoms with Gasteiger partial charge in [-0.3, -0.25) is 14.4 Å². The van der Waals surface area contributed by atoms with Crippen LogP contribution in [0.2, 0.25) is 0 Å². The van der Waals surface area contributed by atoms with Crippen LogP contribution in [0.4, 0.5) is 0 Å². The van der Waals surface area contributed by atoms with E-state index in [2.05, 4.69) is 32.9 Å². The molecule has 628 valence electrons. The largest absolute Gasteiger partial charge is 0.457 e. The van der Waals surface area contributed by atoms with Gasteiger partial charge in [-0.25, -0.2) is 0 Å². The molecule has 0 spiro atoms. The van der Waals surface area contributed by atoms with Crippen LogP contribution in [0, 0.1) is 62.6 Å². The first-order valence-electron chi connectivity index (χ1n) is 38.3. The van der Waals surface area contributed by atoms with Gasteiger partial charge in [0.1, 0.15) is 128 Å². The van der Waals surface area contributed by atoms with Crippen LogP contribution in [0.1, 0.15) is 121 Å². The molecule has 11 fully saturated rings. The van der Waals surface area contributed by atoms with Gasteiger partial charge in [-0.1, -0.05) is 60.6 Å². The van der Waals surface area contributed by atoms with Gasteiger partial charge in [-0.15, -0.1) is 0 Å². The molecular weight excluding hydrogens is 1470 g/mol. The number of carbonyl (C=O) groups excluding carboxylic acids is 4. The summed E-state index contributed by atoms with van der Waals surface area (Å²) in [6, 6.07) is 0. The van der Waals surface area contributed by atoms with Crippen LogP contribution >= 0.6 is 0 Å². The van der Waals surface area contributed by atoms with Crippen molar-refractivity contribution in [3.63, 3.8) is 0 Å². The lowest BCUT2D eigenvalue weighted by molar-refractivity contribution is -0.410. The normalized spacial score (nSPS) is 54.3. The number of allylic oxidation sites excluding steroid dienone is 2. The Balaban J connectivity index is 0.821. The number of carbonyl (C=O) groups is 4. The summed E-state index contributed by atoms with van der Waals surface area (Å²) in [5, 5.41) is 188. The average Bonchev–Trinajstić information content (AvgIpc) is 0.675. The Morgan fingerprint density at radius 3 is 1.59 bits per heavy atom. The number of hydrogen-bond donors (Lipinski definition) is 17. The third-order valence-electron chi connectivity index (χ3n) is 27.0. The molecule has 7 aliphatic heterocycles. The minimum atomic E-state index is -2.07. The molecule has 0 amide bonds. The van der Waals surface area contributed by atoms with Crippen molar-refractivity contribution in [3.8, 4) is 0 Å². The molecule has 0 bridgehead atoms. The summed E-state index contributed by atoms with van der Waals surface area (Å²) in [5.74, 6) is -5.04. The molecule has 0 aromatic rings. The second-order valence-corrected chi connectivity index (χ2v) is 34.3. The van der Waals surface area contributed by atoms with E-state index in [1.165, 1.54) is 13.8 Å². The molecule has 37 nitrogen and oxygen atoms in total. The van der Waals surface area contributed by atoms with Gasteiger partial charge in [-0.2, -0.15) is 0 Å². The summed E-state index contributed by atoms with van der Waals surface area (Å²) in [7, 11) is 0. The Morgan fingerprint density at radius 2 is 1.01 bits per heavy atom. The van der Waals surface area contributed by atoms with Crippen LogP contribution < -0.4 is 0 Å². The maximum Gasteiger partial charge on any atom is 0.311 e. The predicted octanol–water partition coefficient (Wildman–Crippen LogP) is -5.24. The van der Waals surface area contributed by atoms with Crippen molar-refractivity contribution in [2.24, 2.45) is 62.6 Å². The second kappa shape index (κ2) is 33.2. The molecule has 0 radical (unpaired) electrons. The van der Waals surface area contributed by atoms with Gasteiger partial charge in [0, 0.05) is 12.8 Å². The van der Waals surface area contributed by atoms with E-state index in [0.717, 1.165) is 13.2 Å². The molecular formula is C73H114O37. The predicted molar refractivity (Wildman–Crippen MR) is 360 cm³/mol. The Hall–Kier alpha value is -3.38. The fourth-order valence-corrected chi connectivity index (χ4v) is 21.0. The van der Waals surface area contributed by atoms with Gasteiger partial charge in [0.15, 0.2) is 49.9 Å². The molecule has 17 N–H and O–H groups in total. The minimum Gasteiger partial charge on any atom is -0.457 e. The molecule has 4 saturated carbocycles. The Kier molecular flexibility index (Phi) is 25.9. The number of ether oxygens (including phenoxy) is 16. The monoisotopic (exact) mass is 1580 g/mol.